The predicted octanol–water partition coefficient (Wildman–Crippen LogP) is 1.66. The molecule has 2 N–H and O–H groups in total. The largest absolute Gasteiger partial charge is 0.497 e. The average molecular weight is 286 g/mol. The molecule has 1 heterocycles. The van der Waals surface area contributed by atoms with E-state index in [1.54, 1.807) is 7.11 Å². The van der Waals surface area contributed by atoms with Gasteiger partial charge in [0.15, 0.2) is 0 Å². The maximum atomic E-state index is 11.9. The molecule has 2 aromatic rings. The smallest absolute Gasteiger partial charge is 0.290 e. The molecule has 1 saturated carbocycles. The number of benzene rings is 1. The van der Waals surface area contributed by atoms with Gasteiger partial charge < -0.3 is 10.1 Å². The number of nitrogens with one attached hydrogen (secondary N) is 2. The zero-order valence-electron chi connectivity index (χ0n) is 11.9. The van der Waals surface area contributed by atoms with Crippen LogP contribution in [0.1, 0.15) is 40.8 Å². The first-order valence-electron chi connectivity index (χ1n) is 7.09. The van der Waals surface area contributed by atoms with Gasteiger partial charge in [-0.2, -0.15) is 0 Å². The summed E-state index contributed by atoms with van der Waals surface area (Å²) in [6.45, 7) is 0.554. The first-order chi connectivity index (χ1) is 10.3. The van der Waals surface area contributed by atoms with E-state index in [1.807, 2.05) is 24.3 Å². The van der Waals surface area contributed by atoms with E-state index in [1.165, 1.54) is 0 Å². The van der Waals surface area contributed by atoms with Crippen LogP contribution in [0.15, 0.2) is 24.3 Å². The topological polar surface area (TPSA) is 79.9 Å². The number of ether oxygens (including phenoxy) is 1. The second-order valence-corrected chi connectivity index (χ2v) is 5.17. The summed E-state index contributed by atoms with van der Waals surface area (Å²) in [5.74, 6) is 2.13. The molecule has 1 fully saturated rings. The minimum atomic E-state index is -0.230. The van der Waals surface area contributed by atoms with Crippen LogP contribution in [0.4, 0.5) is 0 Å². The molecule has 110 valence electrons. The van der Waals surface area contributed by atoms with E-state index in [0.29, 0.717) is 12.5 Å². The van der Waals surface area contributed by atoms with Crippen LogP contribution in [0, 0.1) is 0 Å². The van der Waals surface area contributed by atoms with E-state index in [9.17, 15) is 4.79 Å². The molecule has 0 radical (unpaired) electrons. The summed E-state index contributed by atoms with van der Waals surface area (Å²) in [5, 5.41) is 9.63. The first-order valence-corrected chi connectivity index (χ1v) is 7.09. The molecule has 1 aliphatic rings. The predicted molar refractivity (Wildman–Crippen MR) is 77.4 cm³/mol. The van der Waals surface area contributed by atoms with Crippen molar-refractivity contribution in [1.82, 2.24) is 20.5 Å². The monoisotopic (exact) mass is 286 g/mol. The Hall–Kier alpha value is -2.37. The second kappa shape index (κ2) is 5.95. The molecule has 0 unspecified atom stereocenters. The van der Waals surface area contributed by atoms with Gasteiger partial charge in [-0.1, -0.05) is 12.1 Å². The van der Waals surface area contributed by atoms with Crippen molar-refractivity contribution in [3.63, 3.8) is 0 Å². The Labute approximate surface area is 122 Å². The fourth-order valence-corrected chi connectivity index (χ4v) is 2.11. The fraction of sp³-hybridized carbons (Fsp3) is 0.400. The minimum absolute atomic E-state index is 0.228. The van der Waals surface area contributed by atoms with E-state index < -0.39 is 0 Å². The number of nitrogens with zero attached hydrogens (tertiary/aromatic N) is 2. The number of amides is 1. The van der Waals surface area contributed by atoms with Crippen LogP contribution in [0.5, 0.6) is 5.75 Å². The molecule has 6 heteroatoms. The maximum absolute atomic E-state index is 11.9. The summed E-state index contributed by atoms with van der Waals surface area (Å²) in [4.78, 5) is 16.1. The summed E-state index contributed by atoms with van der Waals surface area (Å²) < 4.78 is 5.11. The third kappa shape index (κ3) is 3.39. The van der Waals surface area contributed by atoms with Crippen molar-refractivity contribution in [3.05, 3.63) is 41.5 Å². The Morgan fingerprint density at radius 1 is 1.38 bits per heavy atom. The standard InChI is InChI=1S/C15H18N4O2/c1-21-12-6-2-10(3-7-12)8-9-16-15(20)14-17-13(18-19-14)11-4-5-11/h2-3,6-7,11H,4-5,8-9H2,1H3,(H,16,20)(H,17,18,19). The summed E-state index contributed by atoms with van der Waals surface area (Å²) in [5.41, 5.74) is 1.14. The molecular formula is C15H18N4O2. The van der Waals surface area contributed by atoms with Gasteiger partial charge in [-0.05, 0) is 37.0 Å². The van der Waals surface area contributed by atoms with Crippen LogP contribution in [-0.2, 0) is 6.42 Å². The van der Waals surface area contributed by atoms with Crippen molar-refractivity contribution < 1.29 is 9.53 Å². The minimum Gasteiger partial charge on any atom is -0.497 e. The van der Waals surface area contributed by atoms with Crippen LogP contribution in [0.2, 0.25) is 0 Å². The van der Waals surface area contributed by atoms with Gasteiger partial charge in [0.05, 0.1) is 7.11 Å². The second-order valence-electron chi connectivity index (χ2n) is 5.17. The van der Waals surface area contributed by atoms with Crippen LogP contribution < -0.4 is 10.1 Å². The molecule has 0 atom stereocenters. The lowest BCUT2D eigenvalue weighted by Gasteiger charge is -2.04. The van der Waals surface area contributed by atoms with Gasteiger partial charge in [0, 0.05) is 12.5 Å². The highest BCUT2D eigenvalue weighted by atomic mass is 16.5. The van der Waals surface area contributed by atoms with Gasteiger partial charge in [-0.15, -0.1) is 5.10 Å². The lowest BCUT2D eigenvalue weighted by Crippen LogP contribution is -2.26. The van der Waals surface area contributed by atoms with Gasteiger partial charge in [0.25, 0.3) is 5.91 Å². The first kappa shape index (κ1) is 13.6. The molecule has 1 aliphatic carbocycles. The van der Waals surface area contributed by atoms with Gasteiger partial charge >= 0.3 is 0 Å². The van der Waals surface area contributed by atoms with Gasteiger partial charge in [0.2, 0.25) is 5.82 Å². The van der Waals surface area contributed by atoms with Crippen molar-refractivity contribution in [2.45, 2.75) is 25.2 Å². The number of hydrogen-bond donors (Lipinski definition) is 2. The van der Waals surface area contributed by atoms with Crippen molar-refractivity contribution >= 4 is 5.91 Å². The number of carbonyl (C=O) groups is 1. The molecule has 1 amide bonds. The Kier molecular flexibility index (Phi) is 3.85. The molecule has 1 aromatic carbocycles. The number of H-pyrrole nitrogens is 1. The summed E-state index contributed by atoms with van der Waals surface area (Å²) in [6.07, 6.45) is 3.02. The highest BCUT2D eigenvalue weighted by Crippen LogP contribution is 2.37. The van der Waals surface area contributed by atoms with E-state index in [2.05, 4.69) is 20.5 Å². The molecule has 0 spiro atoms. The molecule has 6 nitrogen and oxygen atoms in total. The molecule has 0 saturated heterocycles. The Balaban J connectivity index is 1.48. The van der Waals surface area contributed by atoms with Gasteiger partial charge in [0.1, 0.15) is 11.6 Å². The third-order valence-electron chi connectivity index (χ3n) is 3.53. The highest BCUT2D eigenvalue weighted by Gasteiger charge is 2.28. The van der Waals surface area contributed by atoms with Crippen molar-refractivity contribution in [1.29, 1.82) is 0 Å². The number of carbonyl (C=O) groups excluding carboxylic acids is 1. The molecule has 1 aromatic heterocycles. The normalized spacial score (nSPS) is 14.0. The van der Waals surface area contributed by atoms with Gasteiger partial charge in [-0.3, -0.25) is 9.89 Å². The number of aromatic nitrogens is 3. The van der Waals surface area contributed by atoms with Crippen molar-refractivity contribution in [2.24, 2.45) is 0 Å². The van der Waals surface area contributed by atoms with E-state index in [-0.39, 0.29) is 11.7 Å². The SMILES string of the molecule is COc1ccc(CCNC(=O)c2n[nH]c(C3CC3)n2)cc1. The summed E-state index contributed by atoms with van der Waals surface area (Å²) >= 11 is 0. The zero-order chi connectivity index (χ0) is 14.7. The number of hydrogen-bond acceptors (Lipinski definition) is 4. The van der Waals surface area contributed by atoms with Crippen LogP contribution >= 0.6 is 0 Å². The Morgan fingerprint density at radius 2 is 2.14 bits per heavy atom. The molecule has 0 aliphatic heterocycles. The number of methoxy groups -OCH3 is 1. The lowest BCUT2D eigenvalue weighted by atomic mass is 10.1. The Bertz CT molecular complexity index is 617. The summed E-state index contributed by atoms with van der Waals surface area (Å²) in [7, 11) is 1.64. The zero-order valence-corrected chi connectivity index (χ0v) is 11.9. The third-order valence-corrected chi connectivity index (χ3v) is 3.53. The van der Waals surface area contributed by atoms with E-state index in [0.717, 1.165) is 36.4 Å². The number of aromatic amines is 1. The fourth-order valence-electron chi connectivity index (χ4n) is 2.11. The summed E-state index contributed by atoms with van der Waals surface area (Å²) in [6, 6.07) is 7.80. The molecular weight excluding hydrogens is 268 g/mol. The molecule has 21 heavy (non-hydrogen) atoms. The van der Waals surface area contributed by atoms with Crippen LogP contribution in [-0.4, -0.2) is 34.7 Å². The molecule has 0 bridgehead atoms. The van der Waals surface area contributed by atoms with Gasteiger partial charge in [-0.25, -0.2) is 4.98 Å². The van der Waals surface area contributed by atoms with Crippen molar-refractivity contribution in [3.8, 4) is 5.75 Å². The number of rotatable bonds is 6. The quantitative estimate of drug-likeness (QED) is 0.846. The average Bonchev–Trinajstić information content (AvgIpc) is 3.25. The molecule has 3 rings (SSSR count). The van der Waals surface area contributed by atoms with Crippen LogP contribution in [0.3, 0.4) is 0 Å². The highest BCUT2D eigenvalue weighted by molar-refractivity contribution is 5.90. The maximum Gasteiger partial charge on any atom is 0.290 e. The lowest BCUT2D eigenvalue weighted by molar-refractivity contribution is 0.0944. The van der Waals surface area contributed by atoms with Crippen molar-refractivity contribution in [2.75, 3.05) is 13.7 Å². The van der Waals surface area contributed by atoms with E-state index >= 15 is 0 Å². The van der Waals surface area contributed by atoms with Crippen LogP contribution in [0.25, 0.3) is 0 Å². The Morgan fingerprint density at radius 3 is 2.81 bits per heavy atom. The van der Waals surface area contributed by atoms with E-state index in [4.69, 9.17) is 4.74 Å².